The first-order chi connectivity index (χ1) is 26.4. The fourth-order valence-electron chi connectivity index (χ4n) is 6.78. The van der Waals surface area contributed by atoms with Crippen molar-refractivity contribution in [3.8, 4) is 0 Å². The van der Waals surface area contributed by atoms with Crippen molar-refractivity contribution in [3.63, 3.8) is 0 Å². The molecule has 328 valence electrons. The van der Waals surface area contributed by atoms with Gasteiger partial charge in [-0.1, -0.05) is 0 Å². The lowest BCUT2D eigenvalue weighted by Crippen LogP contribution is -2.67. The van der Waals surface area contributed by atoms with Crippen LogP contribution in [0.4, 0.5) is 0 Å². The average molecular weight is 829 g/mol. The van der Waals surface area contributed by atoms with Crippen LogP contribution in [0.2, 0.25) is 0 Å². The maximum absolute atomic E-state index is 11.0. The molecule has 17 N–H and O–H groups in total. The highest BCUT2D eigenvalue weighted by Crippen LogP contribution is 2.33. The van der Waals surface area contributed by atoms with Gasteiger partial charge in [-0.3, -0.25) is 0 Å². The van der Waals surface area contributed by atoms with E-state index in [1.165, 1.54) is 0 Å². The van der Waals surface area contributed by atoms with E-state index in [9.17, 15) is 86.8 Å². The molecular weight excluding hydrogens is 776 g/mol. The molecule has 0 aliphatic carbocycles. The molecule has 0 bridgehead atoms. The number of rotatable bonds is 13. The summed E-state index contributed by atoms with van der Waals surface area (Å²) in [6.07, 6.45) is -45.8. The van der Waals surface area contributed by atoms with Crippen molar-refractivity contribution < 1.29 is 129 Å². The fourth-order valence-corrected chi connectivity index (χ4v) is 6.78. The third-order valence-corrected chi connectivity index (χ3v) is 10.3. The van der Waals surface area contributed by atoms with Crippen LogP contribution < -0.4 is 0 Å². The second-order valence-corrected chi connectivity index (χ2v) is 14.0. The Bertz CT molecular complexity index is 1210. The molecule has 0 aromatic rings. The Kier molecular flexibility index (Phi) is 16.1. The second-order valence-electron chi connectivity index (χ2n) is 14.0. The van der Waals surface area contributed by atoms with Gasteiger partial charge in [-0.15, -0.1) is 0 Å². The van der Waals surface area contributed by atoms with Crippen LogP contribution in [-0.4, -0.2) is 273 Å². The van der Waals surface area contributed by atoms with Crippen molar-refractivity contribution in [1.29, 1.82) is 0 Å². The van der Waals surface area contributed by atoms with Gasteiger partial charge < -0.3 is 129 Å². The van der Waals surface area contributed by atoms with E-state index < -0.39 is 187 Å². The minimum Gasteiger partial charge on any atom is -0.394 e. The zero-order valence-corrected chi connectivity index (χ0v) is 29.2. The Morgan fingerprint density at radius 1 is 0.304 bits per heavy atom. The van der Waals surface area contributed by atoms with E-state index in [-0.39, 0.29) is 0 Å². The quantitative estimate of drug-likeness (QED) is 0.0819. The lowest BCUT2D eigenvalue weighted by molar-refractivity contribution is -0.393. The van der Waals surface area contributed by atoms with E-state index in [1.54, 1.807) is 0 Å². The highest BCUT2D eigenvalue weighted by atomic mass is 16.8. The van der Waals surface area contributed by atoms with E-state index in [2.05, 4.69) is 0 Å². The molecule has 25 atom stereocenters. The van der Waals surface area contributed by atoms with Gasteiger partial charge in [0.05, 0.1) is 33.0 Å². The number of aliphatic hydroxyl groups is 17. The zero-order valence-electron chi connectivity index (χ0n) is 29.2. The minimum atomic E-state index is -2.11. The predicted molar refractivity (Wildman–Crippen MR) is 167 cm³/mol. The van der Waals surface area contributed by atoms with Crippen molar-refractivity contribution >= 4 is 0 Å². The topological polar surface area (TPSA) is 427 Å². The monoisotopic (exact) mass is 828 g/mol. The molecule has 5 heterocycles. The smallest absolute Gasteiger partial charge is 0.187 e. The first kappa shape index (κ1) is 46.0. The van der Waals surface area contributed by atoms with Gasteiger partial charge >= 0.3 is 0 Å². The van der Waals surface area contributed by atoms with Gasteiger partial charge in [-0.25, -0.2) is 0 Å². The highest BCUT2D eigenvalue weighted by Gasteiger charge is 2.54. The molecule has 5 fully saturated rings. The molecule has 0 spiro atoms. The predicted octanol–water partition coefficient (Wildman–Crippen LogP) is -11.9. The third-order valence-electron chi connectivity index (χ3n) is 10.3. The van der Waals surface area contributed by atoms with Crippen LogP contribution in [0.5, 0.6) is 0 Å². The van der Waals surface area contributed by atoms with Gasteiger partial charge in [0.1, 0.15) is 122 Å². The second kappa shape index (κ2) is 19.6. The van der Waals surface area contributed by atoms with E-state index >= 15 is 0 Å². The summed E-state index contributed by atoms with van der Waals surface area (Å²) >= 11 is 0. The number of aliphatic hydroxyl groups excluding tert-OH is 17. The molecule has 56 heavy (non-hydrogen) atoms. The third kappa shape index (κ3) is 9.46. The largest absolute Gasteiger partial charge is 0.394 e. The van der Waals surface area contributed by atoms with Crippen molar-refractivity contribution in [2.75, 3.05) is 33.0 Å². The van der Waals surface area contributed by atoms with Crippen molar-refractivity contribution in [1.82, 2.24) is 0 Å². The fraction of sp³-hybridized carbons (Fsp3) is 1.00. The minimum absolute atomic E-state index is 0.698. The average Bonchev–Trinajstić information content (AvgIpc) is 3.18. The molecule has 5 saturated heterocycles. The van der Waals surface area contributed by atoms with E-state index in [4.69, 9.17) is 42.6 Å². The molecular formula is C30H52O26. The van der Waals surface area contributed by atoms with Crippen LogP contribution in [0.3, 0.4) is 0 Å². The van der Waals surface area contributed by atoms with Crippen molar-refractivity contribution in [3.05, 3.63) is 0 Å². The summed E-state index contributed by atoms with van der Waals surface area (Å²) < 4.78 is 48.9. The molecule has 0 aromatic carbocycles. The molecule has 5 aliphatic rings. The maximum Gasteiger partial charge on any atom is 0.187 e. The summed E-state index contributed by atoms with van der Waals surface area (Å²) in [6.45, 7) is -4.00. The maximum atomic E-state index is 11.0. The molecule has 26 heteroatoms. The van der Waals surface area contributed by atoms with E-state index in [0.29, 0.717) is 0 Å². The van der Waals surface area contributed by atoms with E-state index in [1.807, 2.05) is 0 Å². The standard InChI is InChI=1S/C30H52O26/c31-1-6-12(35)19(42)24(26(47)50-6)55-30-25(20(43)13(36)8(3-33)52-30)56-29-23(46)18(41)15(38)10(54-29)5-49-28-22(45)17(40)14(37)9(53-28)4-48-27-21(44)16(39)11(34)7(2-32)51-27/h6-47H,1-5H2/t6-,7-,8-,9-,10-,11-,12-,13-,14-,15-,16+,17+,18+,19+,20+,21-,22-,23-,24-,25-,26-,27-,28-,29+,30+/m1/s1. The Morgan fingerprint density at radius 3 is 1.09 bits per heavy atom. The van der Waals surface area contributed by atoms with Gasteiger partial charge in [-0.05, 0) is 0 Å². The van der Waals surface area contributed by atoms with Gasteiger partial charge in [0.15, 0.2) is 31.5 Å². The molecule has 0 radical (unpaired) electrons. The summed E-state index contributed by atoms with van der Waals surface area (Å²) in [5.74, 6) is 0. The first-order valence-corrected chi connectivity index (χ1v) is 17.6. The summed E-state index contributed by atoms with van der Waals surface area (Å²) in [6, 6.07) is 0. The van der Waals surface area contributed by atoms with Gasteiger partial charge in [0.25, 0.3) is 0 Å². The summed E-state index contributed by atoms with van der Waals surface area (Å²) in [7, 11) is 0. The van der Waals surface area contributed by atoms with Crippen molar-refractivity contribution in [2.45, 2.75) is 154 Å². The van der Waals surface area contributed by atoms with Gasteiger partial charge in [0.2, 0.25) is 0 Å². The summed E-state index contributed by atoms with van der Waals surface area (Å²) in [5, 5.41) is 175. The molecule has 0 unspecified atom stereocenters. The Hall–Kier alpha value is -1.04. The Balaban J connectivity index is 1.25. The highest BCUT2D eigenvalue weighted by molar-refractivity contribution is 4.97. The van der Waals surface area contributed by atoms with Crippen LogP contribution in [0.25, 0.3) is 0 Å². The molecule has 5 rings (SSSR count). The lowest BCUT2D eigenvalue weighted by Gasteiger charge is -2.48. The summed E-state index contributed by atoms with van der Waals surface area (Å²) in [4.78, 5) is 0. The van der Waals surface area contributed by atoms with Crippen LogP contribution in [0.1, 0.15) is 0 Å². The molecule has 5 aliphatic heterocycles. The van der Waals surface area contributed by atoms with Gasteiger partial charge in [-0.2, -0.15) is 0 Å². The number of hydrogen-bond acceptors (Lipinski definition) is 26. The van der Waals surface area contributed by atoms with E-state index in [0.717, 1.165) is 0 Å². The summed E-state index contributed by atoms with van der Waals surface area (Å²) in [5.41, 5.74) is 0. The molecule has 0 aromatic heterocycles. The van der Waals surface area contributed by atoms with Gasteiger partial charge in [0, 0.05) is 0 Å². The lowest BCUT2D eigenvalue weighted by atomic mass is 9.96. The number of ether oxygens (including phenoxy) is 9. The SMILES string of the molecule is OC[C@H]1O[C@@H](OC[C@H]2O[C@@H](OC[C@H]3O[C@@H](O[C@H]4[C@H](O[C@@H]5[C@@H](O)[C@H](O)[C@@H](CO)O[C@H]5O)O[C@H](CO)[C@@H](O)[C@@H]4O)[C@H](O)[C@@H](O)[C@@H]3O)[C@H](O)[C@@H](O)[C@@H]2O)[C@H](O)[C@@H](O)[C@@H]1O. The van der Waals surface area contributed by atoms with Crippen LogP contribution >= 0.6 is 0 Å². The zero-order chi connectivity index (χ0) is 41.3. The van der Waals surface area contributed by atoms with Crippen LogP contribution in [0, 0.1) is 0 Å². The van der Waals surface area contributed by atoms with Crippen LogP contribution in [0.15, 0.2) is 0 Å². The molecule has 0 amide bonds. The normalized spacial score (nSPS) is 53.2. The Morgan fingerprint density at radius 2 is 0.625 bits per heavy atom. The molecule has 26 nitrogen and oxygen atoms in total. The molecule has 0 saturated carbocycles. The van der Waals surface area contributed by atoms with Crippen LogP contribution in [-0.2, 0) is 42.6 Å². The Labute approximate surface area is 316 Å². The van der Waals surface area contributed by atoms with Crippen molar-refractivity contribution in [2.24, 2.45) is 0 Å². The first-order valence-electron chi connectivity index (χ1n) is 17.6. The number of hydrogen-bond donors (Lipinski definition) is 17.